The topological polar surface area (TPSA) is 185 Å². The lowest BCUT2D eigenvalue weighted by Gasteiger charge is -2.12. The van der Waals surface area contributed by atoms with Crippen molar-refractivity contribution in [1.82, 2.24) is 35.1 Å². The summed E-state index contributed by atoms with van der Waals surface area (Å²) in [4.78, 5) is 33.7. The number of pyridine rings is 3. The monoisotopic (exact) mass is 613 g/mol. The van der Waals surface area contributed by atoms with Gasteiger partial charge >= 0.3 is 0 Å². The third-order valence-electron chi connectivity index (χ3n) is 7.09. The van der Waals surface area contributed by atoms with Gasteiger partial charge in [0, 0.05) is 36.2 Å². The normalized spacial score (nSPS) is 12.5. The minimum absolute atomic E-state index is 0.0715. The van der Waals surface area contributed by atoms with E-state index in [-0.39, 0.29) is 11.5 Å². The molecule has 1 amide bonds. The molecular formula is C30H28FN9O3S. The number of anilines is 1. The van der Waals surface area contributed by atoms with Gasteiger partial charge in [0.2, 0.25) is 5.91 Å². The summed E-state index contributed by atoms with van der Waals surface area (Å²) < 4.78 is 38.7. The van der Waals surface area contributed by atoms with Crippen LogP contribution in [0.2, 0.25) is 0 Å². The summed E-state index contributed by atoms with van der Waals surface area (Å²) in [6.45, 7) is 2.03. The third kappa shape index (κ3) is 5.76. The first-order valence-electron chi connectivity index (χ1n) is 13.8. The Balaban J connectivity index is 1.38. The minimum Gasteiger partial charge on any atom is -0.336 e. The number of nitrogens with two attached hydrogens (primary N) is 1. The Morgan fingerprint density at radius 3 is 2.64 bits per heavy atom. The van der Waals surface area contributed by atoms with Gasteiger partial charge in [0.05, 0.1) is 34.3 Å². The highest BCUT2D eigenvalue weighted by Crippen LogP contribution is 2.32. The van der Waals surface area contributed by atoms with Gasteiger partial charge in [-0.1, -0.05) is 13.3 Å². The Bertz CT molecular complexity index is 2140. The number of nitrogens with one attached hydrogen (secondary N) is 3. The molecule has 0 aliphatic rings. The van der Waals surface area contributed by atoms with Crippen molar-refractivity contribution < 1.29 is 17.6 Å². The van der Waals surface area contributed by atoms with Gasteiger partial charge in [0.1, 0.15) is 22.2 Å². The Hall–Kier alpha value is -5.08. The van der Waals surface area contributed by atoms with Crippen LogP contribution in [0.1, 0.15) is 37.1 Å². The molecule has 12 nitrogen and oxygen atoms in total. The number of halogens is 1. The van der Waals surface area contributed by atoms with Crippen molar-refractivity contribution in [3.05, 3.63) is 72.4 Å². The number of hydrogen-bond acceptors (Lipinski definition) is 9. The van der Waals surface area contributed by atoms with Crippen LogP contribution in [0.3, 0.4) is 0 Å². The van der Waals surface area contributed by atoms with Gasteiger partial charge in [-0.15, -0.1) is 0 Å². The maximum absolute atomic E-state index is 14.6. The average Bonchev–Trinajstić information content (AvgIpc) is 3.62. The predicted octanol–water partition coefficient (Wildman–Crippen LogP) is 4.89. The lowest BCUT2D eigenvalue weighted by Crippen LogP contribution is -2.20. The SMILES string of the molecule is CCCCC(=O)Nc1cncc(-c2ccc3[nH]nc(-c4nc5c(-c6cc(F)cc(C(N)S(C)(=O)=O)c6)nccc5[nH]4)c3n2)c1. The van der Waals surface area contributed by atoms with E-state index in [2.05, 4.69) is 30.5 Å². The molecular weight excluding hydrogens is 585 g/mol. The van der Waals surface area contributed by atoms with E-state index in [1.165, 1.54) is 12.1 Å². The smallest absolute Gasteiger partial charge is 0.224 e. The highest BCUT2D eigenvalue weighted by molar-refractivity contribution is 7.90. The molecule has 1 atom stereocenters. The van der Waals surface area contributed by atoms with Crippen LogP contribution in [-0.2, 0) is 14.6 Å². The van der Waals surface area contributed by atoms with Crippen molar-refractivity contribution >= 4 is 43.5 Å². The Morgan fingerprint density at radius 1 is 1.02 bits per heavy atom. The molecule has 5 heterocycles. The van der Waals surface area contributed by atoms with Crippen molar-refractivity contribution in [3.8, 4) is 34.0 Å². The lowest BCUT2D eigenvalue weighted by molar-refractivity contribution is -0.116. The Morgan fingerprint density at radius 2 is 1.84 bits per heavy atom. The standard InChI is InChI=1S/C30H28FN9O3S/c1-3-4-5-24(41)35-20-13-18(14-33-15-20)21-6-7-23-27(36-21)28(40-39-23)30-37-22-8-9-34-25(26(22)38-30)16-10-17(12-19(31)11-16)29(32)44(2,42)43/h6-15,29H,3-5,32H2,1-2H3,(H,35,41)(H,37,38)(H,39,40). The van der Waals surface area contributed by atoms with Crippen molar-refractivity contribution in [2.45, 2.75) is 31.6 Å². The molecule has 0 aliphatic heterocycles. The van der Waals surface area contributed by atoms with E-state index in [0.717, 1.165) is 25.2 Å². The number of sulfone groups is 1. The van der Waals surface area contributed by atoms with Gasteiger partial charge in [0.25, 0.3) is 0 Å². The van der Waals surface area contributed by atoms with E-state index in [4.69, 9.17) is 15.7 Å². The van der Waals surface area contributed by atoms with Crippen LogP contribution in [0.4, 0.5) is 10.1 Å². The van der Waals surface area contributed by atoms with Crippen LogP contribution in [-0.4, -0.2) is 55.7 Å². The number of amides is 1. The van der Waals surface area contributed by atoms with Crippen LogP contribution >= 0.6 is 0 Å². The first-order chi connectivity index (χ1) is 21.1. The van der Waals surface area contributed by atoms with Gasteiger partial charge < -0.3 is 16.0 Å². The molecule has 0 saturated heterocycles. The van der Waals surface area contributed by atoms with E-state index in [1.807, 2.05) is 25.1 Å². The highest BCUT2D eigenvalue weighted by Gasteiger charge is 2.22. The fraction of sp³-hybridized carbons (Fsp3) is 0.200. The number of fused-ring (bicyclic) bond motifs is 2. The number of unbranched alkanes of at least 4 members (excludes halogenated alkanes) is 1. The first kappa shape index (κ1) is 29.0. The van der Waals surface area contributed by atoms with E-state index in [0.29, 0.717) is 68.2 Å². The number of hydrogen-bond donors (Lipinski definition) is 4. The fourth-order valence-electron chi connectivity index (χ4n) is 4.85. The molecule has 0 aliphatic carbocycles. The summed E-state index contributed by atoms with van der Waals surface area (Å²) in [7, 11) is -3.67. The van der Waals surface area contributed by atoms with E-state index < -0.39 is 21.0 Å². The zero-order chi connectivity index (χ0) is 31.0. The van der Waals surface area contributed by atoms with Crippen LogP contribution in [0.15, 0.2) is 61.1 Å². The Kier molecular flexibility index (Phi) is 7.61. The molecule has 0 fully saturated rings. The molecule has 5 N–H and O–H groups in total. The maximum Gasteiger partial charge on any atom is 0.224 e. The largest absolute Gasteiger partial charge is 0.336 e. The van der Waals surface area contributed by atoms with E-state index >= 15 is 0 Å². The number of aromatic nitrogens is 7. The molecule has 0 saturated carbocycles. The van der Waals surface area contributed by atoms with Crippen molar-refractivity contribution in [3.63, 3.8) is 0 Å². The molecule has 44 heavy (non-hydrogen) atoms. The first-order valence-corrected chi connectivity index (χ1v) is 15.8. The molecule has 5 aromatic heterocycles. The van der Waals surface area contributed by atoms with Gasteiger partial charge in [-0.3, -0.25) is 19.9 Å². The van der Waals surface area contributed by atoms with Crippen LogP contribution in [0.5, 0.6) is 0 Å². The summed E-state index contributed by atoms with van der Waals surface area (Å²) in [6.07, 6.45) is 7.96. The van der Waals surface area contributed by atoms with E-state index in [9.17, 15) is 17.6 Å². The zero-order valence-corrected chi connectivity index (χ0v) is 24.6. The molecule has 1 unspecified atom stereocenters. The van der Waals surface area contributed by atoms with Gasteiger partial charge in [-0.25, -0.2) is 22.8 Å². The average molecular weight is 614 g/mol. The zero-order valence-electron chi connectivity index (χ0n) is 23.8. The van der Waals surface area contributed by atoms with Crippen molar-refractivity contribution in [2.24, 2.45) is 5.73 Å². The minimum atomic E-state index is -3.67. The van der Waals surface area contributed by atoms with Crippen LogP contribution in [0, 0.1) is 5.82 Å². The number of imidazole rings is 1. The molecule has 0 spiro atoms. The molecule has 0 bridgehead atoms. The number of nitrogens with zero attached hydrogens (tertiary/aromatic N) is 5. The number of rotatable bonds is 9. The second-order valence-corrected chi connectivity index (χ2v) is 12.6. The molecule has 14 heteroatoms. The van der Waals surface area contributed by atoms with Crippen molar-refractivity contribution in [1.29, 1.82) is 0 Å². The predicted molar refractivity (Wildman–Crippen MR) is 165 cm³/mol. The number of H-pyrrole nitrogens is 2. The lowest BCUT2D eigenvalue weighted by atomic mass is 10.1. The summed E-state index contributed by atoms with van der Waals surface area (Å²) in [5, 5.41) is 8.91. The van der Waals surface area contributed by atoms with Gasteiger partial charge in [0.15, 0.2) is 21.4 Å². The highest BCUT2D eigenvalue weighted by atomic mass is 32.2. The molecule has 1 aromatic carbocycles. The third-order valence-corrected chi connectivity index (χ3v) is 8.29. The molecule has 224 valence electrons. The van der Waals surface area contributed by atoms with Gasteiger partial charge in [-0.05, 0) is 54.4 Å². The van der Waals surface area contributed by atoms with Crippen LogP contribution in [0.25, 0.3) is 56.1 Å². The maximum atomic E-state index is 14.6. The molecule has 0 radical (unpaired) electrons. The van der Waals surface area contributed by atoms with Crippen molar-refractivity contribution in [2.75, 3.05) is 11.6 Å². The number of carbonyl (C=O) groups is 1. The summed E-state index contributed by atoms with van der Waals surface area (Å²) in [5.74, 6) is -0.331. The van der Waals surface area contributed by atoms with Crippen LogP contribution < -0.4 is 11.1 Å². The fourth-order valence-corrected chi connectivity index (χ4v) is 5.48. The second kappa shape index (κ2) is 11.5. The summed E-state index contributed by atoms with van der Waals surface area (Å²) in [6, 6.07) is 11.0. The molecule has 6 rings (SSSR count). The summed E-state index contributed by atoms with van der Waals surface area (Å²) >= 11 is 0. The second-order valence-electron chi connectivity index (χ2n) is 10.4. The van der Waals surface area contributed by atoms with Gasteiger partial charge in [-0.2, -0.15) is 5.10 Å². The number of benzene rings is 1. The number of carbonyl (C=O) groups excluding carboxylic acids is 1. The Labute approximate surface area is 251 Å². The summed E-state index contributed by atoms with van der Waals surface area (Å²) in [5.41, 5.74) is 11.2. The number of aromatic amines is 2. The quantitative estimate of drug-likeness (QED) is 0.176. The van der Waals surface area contributed by atoms with E-state index in [1.54, 1.807) is 24.7 Å². The molecule has 6 aromatic rings.